The lowest BCUT2D eigenvalue weighted by atomic mass is 9.85. The summed E-state index contributed by atoms with van der Waals surface area (Å²) < 4.78 is 1.85. The molecule has 6 aromatic rings. The summed E-state index contributed by atoms with van der Waals surface area (Å²) >= 11 is 10.3. The zero-order chi connectivity index (χ0) is 39.0. The van der Waals surface area contributed by atoms with Crippen LogP contribution in [0.25, 0.3) is 42.9 Å². The lowest BCUT2D eigenvalue weighted by molar-refractivity contribution is 0.0926. The van der Waals surface area contributed by atoms with Crippen molar-refractivity contribution < 1.29 is 9.59 Å². The van der Waals surface area contributed by atoms with Gasteiger partial charge in [0.1, 0.15) is 11.3 Å². The molecular formula is C42H52Br2Cl2N8O2S2. The van der Waals surface area contributed by atoms with Crippen LogP contribution in [-0.4, -0.2) is 56.9 Å². The minimum atomic E-state index is -0.0393. The Morgan fingerprint density at radius 1 is 0.672 bits per heavy atom. The maximum absolute atomic E-state index is 12.9. The summed E-state index contributed by atoms with van der Waals surface area (Å²) in [6.07, 6.45) is 22.2. The van der Waals surface area contributed by atoms with Crippen molar-refractivity contribution in [3.8, 4) is 20.9 Å². The number of hydrogen-bond acceptors (Lipinski definition) is 8. The zero-order valence-corrected chi connectivity index (χ0v) is 38.7. The average molecular weight is 996 g/mol. The maximum Gasteiger partial charge on any atom is 0.261 e. The number of hydrogen-bond donors (Lipinski definition) is 6. The summed E-state index contributed by atoms with van der Waals surface area (Å²) in [7, 11) is 0. The quantitative estimate of drug-likeness (QED) is 0.0714. The Bertz CT molecular complexity index is 2090. The number of thiophene rings is 2. The van der Waals surface area contributed by atoms with E-state index in [-0.39, 0.29) is 48.7 Å². The number of aromatic nitrogens is 4. The average Bonchev–Trinajstić information content (AvgIpc) is 4.05. The molecule has 2 aliphatic carbocycles. The molecule has 6 aromatic heterocycles. The molecule has 16 heteroatoms. The predicted molar refractivity (Wildman–Crippen MR) is 252 cm³/mol. The maximum atomic E-state index is 12.9. The largest absolute Gasteiger partial charge is 0.347 e. The van der Waals surface area contributed by atoms with Crippen LogP contribution in [0.5, 0.6) is 0 Å². The highest BCUT2D eigenvalue weighted by Crippen LogP contribution is 2.41. The Kier molecular flexibility index (Phi) is 17.7. The number of H-pyrrole nitrogens is 2. The van der Waals surface area contributed by atoms with Gasteiger partial charge in [0.2, 0.25) is 0 Å². The predicted octanol–water partition coefficient (Wildman–Crippen LogP) is 11.0. The monoisotopic (exact) mass is 992 g/mol. The van der Waals surface area contributed by atoms with Crippen LogP contribution in [0.1, 0.15) is 96.4 Å². The molecule has 2 atom stereocenters. The number of carbonyl (C=O) groups excluding carboxylic acids is 2. The number of pyridine rings is 2. The fraction of sp³-hybridized carbons (Fsp3) is 0.429. The van der Waals surface area contributed by atoms with Gasteiger partial charge in [-0.3, -0.25) is 9.59 Å². The first-order valence-electron chi connectivity index (χ1n) is 19.8. The molecule has 0 aromatic carbocycles. The summed E-state index contributed by atoms with van der Waals surface area (Å²) in [6.45, 7) is 0.964. The molecule has 0 unspecified atom stereocenters. The standard InChI is InChI=1S/2C21H25BrN4OS.2ClH/c2*22-17-11-18(21(27)26-14(12-23)10-13-4-2-1-3-5-13)28-19(17)15-6-8-24-20-16(15)7-9-25-20;;/h2*6-9,11,13-14H,1-5,10,12,23H2,(H,24,25)(H,26,27);2*1H/t2*14-;;/m00../s1. The Labute approximate surface area is 377 Å². The van der Waals surface area contributed by atoms with Crippen molar-refractivity contribution in [3.63, 3.8) is 0 Å². The van der Waals surface area contributed by atoms with Crippen LogP contribution in [-0.2, 0) is 0 Å². The molecule has 312 valence electrons. The second-order valence-electron chi connectivity index (χ2n) is 15.1. The molecule has 2 amide bonds. The summed E-state index contributed by atoms with van der Waals surface area (Å²) in [6, 6.07) is 11.9. The molecule has 8 rings (SSSR count). The van der Waals surface area contributed by atoms with E-state index in [2.05, 4.69) is 62.4 Å². The van der Waals surface area contributed by atoms with Gasteiger partial charge in [-0.1, -0.05) is 64.2 Å². The van der Waals surface area contributed by atoms with Gasteiger partial charge in [-0.05, 0) is 92.9 Å². The zero-order valence-electron chi connectivity index (χ0n) is 32.2. The minimum absolute atomic E-state index is 0. The van der Waals surface area contributed by atoms with Gasteiger partial charge in [-0.2, -0.15) is 0 Å². The van der Waals surface area contributed by atoms with Crippen LogP contribution >= 0.6 is 79.3 Å². The van der Waals surface area contributed by atoms with Gasteiger partial charge in [0, 0.05) is 80.8 Å². The summed E-state index contributed by atoms with van der Waals surface area (Å²) in [5.74, 6) is 1.30. The molecule has 2 fully saturated rings. The van der Waals surface area contributed by atoms with Crippen molar-refractivity contribution in [2.24, 2.45) is 23.3 Å². The van der Waals surface area contributed by atoms with Crippen LogP contribution < -0.4 is 22.1 Å². The van der Waals surface area contributed by atoms with Crippen molar-refractivity contribution in [2.45, 2.75) is 89.1 Å². The van der Waals surface area contributed by atoms with E-state index >= 15 is 0 Å². The van der Waals surface area contributed by atoms with E-state index in [9.17, 15) is 9.59 Å². The summed E-state index contributed by atoms with van der Waals surface area (Å²) in [4.78, 5) is 44.2. The Morgan fingerprint density at radius 3 is 1.45 bits per heavy atom. The van der Waals surface area contributed by atoms with E-state index < -0.39 is 0 Å². The second kappa shape index (κ2) is 22.1. The van der Waals surface area contributed by atoms with Gasteiger partial charge in [-0.25, -0.2) is 9.97 Å². The van der Waals surface area contributed by atoms with Crippen LogP contribution in [0.4, 0.5) is 0 Å². The molecule has 10 nitrogen and oxygen atoms in total. The fourth-order valence-electron chi connectivity index (χ4n) is 8.24. The Balaban J connectivity index is 0.000000214. The van der Waals surface area contributed by atoms with Gasteiger partial charge < -0.3 is 32.1 Å². The van der Waals surface area contributed by atoms with Gasteiger partial charge in [0.25, 0.3) is 11.8 Å². The molecule has 2 saturated carbocycles. The first-order valence-corrected chi connectivity index (χ1v) is 23.0. The first-order chi connectivity index (χ1) is 27.3. The van der Waals surface area contributed by atoms with Crippen LogP contribution in [0.15, 0.2) is 70.1 Å². The number of halogens is 4. The van der Waals surface area contributed by atoms with E-state index in [1.165, 1.54) is 86.9 Å². The molecule has 6 heterocycles. The third-order valence-electron chi connectivity index (χ3n) is 11.2. The van der Waals surface area contributed by atoms with Crippen molar-refractivity contribution in [1.29, 1.82) is 0 Å². The molecule has 0 spiro atoms. The number of aromatic amines is 2. The second-order valence-corrected chi connectivity index (χ2v) is 18.9. The number of amides is 2. The van der Waals surface area contributed by atoms with Crippen molar-refractivity contribution in [2.75, 3.05) is 13.1 Å². The van der Waals surface area contributed by atoms with Gasteiger partial charge in [0.05, 0.1) is 19.5 Å². The van der Waals surface area contributed by atoms with E-state index in [0.29, 0.717) is 34.7 Å². The number of nitrogens with one attached hydrogen (secondary N) is 4. The highest BCUT2D eigenvalue weighted by Gasteiger charge is 2.24. The number of rotatable bonds is 12. The fourth-order valence-corrected chi connectivity index (χ4v) is 11.9. The third-order valence-corrected chi connectivity index (χ3v) is 15.3. The van der Waals surface area contributed by atoms with E-state index in [0.717, 1.165) is 64.7 Å². The van der Waals surface area contributed by atoms with E-state index in [4.69, 9.17) is 11.5 Å². The third kappa shape index (κ3) is 11.3. The molecule has 0 aliphatic heterocycles. The smallest absolute Gasteiger partial charge is 0.261 e. The van der Waals surface area contributed by atoms with Crippen LogP contribution in [0.2, 0.25) is 0 Å². The molecular weight excluding hydrogens is 943 g/mol. The van der Waals surface area contributed by atoms with Crippen molar-refractivity contribution in [1.82, 2.24) is 30.6 Å². The van der Waals surface area contributed by atoms with Crippen LogP contribution in [0.3, 0.4) is 0 Å². The minimum Gasteiger partial charge on any atom is -0.347 e. The van der Waals surface area contributed by atoms with Gasteiger partial charge in [-0.15, -0.1) is 47.5 Å². The topological polar surface area (TPSA) is 168 Å². The van der Waals surface area contributed by atoms with Gasteiger partial charge in [0.15, 0.2) is 0 Å². The lowest BCUT2D eigenvalue weighted by Gasteiger charge is -2.26. The molecule has 8 N–H and O–H groups in total. The molecule has 0 radical (unpaired) electrons. The Morgan fingerprint density at radius 2 is 1.07 bits per heavy atom. The number of carbonyl (C=O) groups is 2. The number of nitrogens with two attached hydrogens (primary N) is 2. The van der Waals surface area contributed by atoms with Crippen molar-refractivity contribution in [3.05, 3.63) is 79.9 Å². The first kappa shape index (κ1) is 46.2. The molecule has 0 bridgehead atoms. The highest BCUT2D eigenvalue weighted by atomic mass is 79.9. The van der Waals surface area contributed by atoms with Gasteiger partial charge >= 0.3 is 0 Å². The molecule has 2 aliphatic rings. The number of nitrogens with zero attached hydrogens (tertiary/aromatic N) is 2. The summed E-state index contributed by atoms with van der Waals surface area (Å²) in [5.41, 5.74) is 15.8. The summed E-state index contributed by atoms with van der Waals surface area (Å²) in [5, 5.41) is 8.42. The van der Waals surface area contributed by atoms with Crippen LogP contribution in [0, 0.1) is 11.8 Å². The van der Waals surface area contributed by atoms with Crippen molar-refractivity contribution >= 4 is 113 Å². The van der Waals surface area contributed by atoms with E-state index in [1.54, 1.807) is 12.4 Å². The highest BCUT2D eigenvalue weighted by molar-refractivity contribution is 9.11. The molecule has 0 saturated heterocycles. The SMILES string of the molecule is Cl.Cl.NC[C@H](CC1CCCCC1)NC(=O)c1cc(Br)c(-c2ccnc3[nH]ccc23)s1.NC[C@H](CC1CCCCC1)NC(=O)c1cc(Br)c(-c2ccnc3[nH]ccc23)s1. The molecule has 58 heavy (non-hydrogen) atoms. The normalized spacial score (nSPS) is 15.8. The lowest BCUT2D eigenvalue weighted by Crippen LogP contribution is -2.41. The number of fused-ring (bicyclic) bond motifs is 2. The van der Waals surface area contributed by atoms with E-state index in [1.807, 2.05) is 48.8 Å². The Hall–Kier alpha value is -2.82.